The molecule has 0 aliphatic carbocycles. The van der Waals surface area contributed by atoms with Crippen molar-refractivity contribution in [2.45, 2.75) is 44.2 Å². The molecule has 0 unspecified atom stereocenters. The second kappa shape index (κ2) is 6.13. The minimum Gasteiger partial charge on any atom is -0.497 e. The van der Waals surface area contributed by atoms with Gasteiger partial charge in [-0.25, -0.2) is 8.42 Å². The molecule has 0 N–H and O–H groups in total. The SMILES string of the molecule is COc1cccc(S(=O)(=O)N2CC(=O)N(C(C)C)C(C)(C)C2)c1. The summed E-state index contributed by atoms with van der Waals surface area (Å²) in [6, 6.07) is 6.33. The molecule has 1 aromatic rings. The Hall–Kier alpha value is -1.60. The predicted molar refractivity (Wildman–Crippen MR) is 87.8 cm³/mol. The number of hydrogen-bond acceptors (Lipinski definition) is 4. The molecule has 1 saturated heterocycles. The average molecular weight is 340 g/mol. The first-order valence-corrected chi connectivity index (χ1v) is 9.00. The van der Waals surface area contributed by atoms with Gasteiger partial charge in [0.25, 0.3) is 0 Å². The molecule has 0 radical (unpaired) electrons. The molecule has 0 bridgehead atoms. The summed E-state index contributed by atoms with van der Waals surface area (Å²) in [7, 11) is -2.26. The first-order chi connectivity index (χ1) is 10.6. The summed E-state index contributed by atoms with van der Waals surface area (Å²) in [5, 5.41) is 0. The van der Waals surface area contributed by atoms with Crippen LogP contribution in [0, 0.1) is 0 Å². The van der Waals surface area contributed by atoms with E-state index in [1.165, 1.54) is 23.5 Å². The zero-order valence-electron chi connectivity index (χ0n) is 14.2. The first kappa shape index (κ1) is 17.7. The Balaban J connectivity index is 2.36. The molecule has 0 saturated carbocycles. The molecule has 6 nitrogen and oxygen atoms in total. The molecule has 1 aromatic carbocycles. The molecule has 7 heteroatoms. The monoisotopic (exact) mass is 340 g/mol. The van der Waals surface area contributed by atoms with Crippen LogP contribution in [0.25, 0.3) is 0 Å². The van der Waals surface area contributed by atoms with Gasteiger partial charge >= 0.3 is 0 Å². The van der Waals surface area contributed by atoms with Crippen LogP contribution in [0.15, 0.2) is 29.2 Å². The van der Waals surface area contributed by atoms with Crippen LogP contribution in [-0.4, -0.2) is 55.3 Å². The van der Waals surface area contributed by atoms with E-state index in [9.17, 15) is 13.2 Å². The van der Waals surface area contributed by atoms with Crippen molar-refractivity contribution in [1.29, 1.82) is 0 Å². The smallest absolute Gasteiger partial charge is 0.243 e. The van der Waals surface area contributed by atoms with Gasteiger partial charge in [-0.1, -0.05) is 6.07 Å². The summed E-state index contributed by atoms with van der Waals surface area (Å²) in [5.41, 5.74) is -0.560. The van der Waals surface area contributed by atoms with Gasteiger partial charge in [-0.15, -0.1) is 0 Å². The minimum absolute atomic E-state index is 0.0270. The van der Waals surface area contributed by atoms with Crippen molar-refractivity contribution in [3.63, 3.8) is 0 Å². The lowest BCUT2D eigenvalue weighted by Crippen LogP contribution is -2.64. The molecule has 0 atom stereocenters. The molecule has 23 heavy (non-hydrogen) atoms. The van der Waals surface area contributed by atoms with Gasteiger partial charge in [0, 0.05) is 18.7 Å². The Morgan fingerprint density at radius 3 is 2.43 bits per heavy atom. The fourth-order valence-corrected chi connectivity index (χ4v) is 4.78. The highest BCUT2D eigenvalue weighted by Crippen LogP contribution is 2.29. The summed E-state index contributed by atoms with van der Waals surface area (Å²) in [4.78, 5) is 14.4. The lowest BCUT2D eigenvalue weighted by molar-refractivity contribution is -0.144. The molecule has 2 rings (SSSR count). The molecule has 128 valence electrons. The van der Waals surface area contributed by atoms with Crippen molar-refractivity contribution in [1.82, 2.24) is 9.21 Å². The molecule has 1 amide bonds. The standard InChI is InChI=1S/C16H24N2O4S/c1-12(2)18-15(19)10-17(11-16(18,3)4)23(20,21)14-8-6-7-13(9-14)22-5/h6-9,12H,10-11H2,1-5H3. The number of amides is 1. The Bertz CT molecular complexity index is 698. The van der Waals surface area contributed by atoms with Crippen LogP contribution in [0.5, 0.6) is 5.75 Å². The van der Waals surface area contributed by atoms with E-state index >= 15 is 0 Å². The zero-order valence-corrected chi connectivity index (χ0v) is 15.1. The number of carbonyl (C=O) groups is 1. The summed E-state index contributed by atoms with van der Waals surface area (Å²) in [6.45, 7) is 7.77. The van der Waals surface area contributed by atoms with E-state index in [0.29, 0.717) is 5.75 Å². The molecular weight excluding hydrogens is 316 g/mol. The molecule has 1 fully saturated rings. The van der Waals surface area contributed by atoms with Crippen molar-refractivity contribution in [3.05, 3.63) is 24.3 Å². The van der Waals surface area contributed by atoms with E-state index in [4.69, 9.17) is 4.74 Å². The number of piperazine rings is 1. The van der Waals surface area contributed by atoms with E-state index in [0.717, 1.165) is 0 Å². The van der Waals surface area contributed by atoms with Gasteiger partial charge in [-0.2, -0.15) is 4.31 Å². The Morgan fingerprint density at radius 2 is 1.91 bits per heavy atom. The highest BCUT2D eigenvalue weighted by Gasteiger charge is 2.44. The van der Waals surface area contributed by atoms with Crippen molar-refractivity contribution < 1.29 is 17.9 Å². The molecule has 0 aromatic heterocycles. The summed E-state index contributed by atoms with van der Waals surface area (Å²) >= 11 is 0. The van der Waals surface area contributed by atoms with Crippen LogP contribution in [0.3, 0.4) is 0 Å². The average Bonchev–Trinajstić information content (AvgIpc) is 2.45. The van der Waals surface area contributed by atoms with E-state index in [-0.39, 0.29) is 29.9 Å². The van der Waals surface area contributed by atoms with Crippen LogP contribution in [0.4, 0.5) is 0 Å². The Morgan fingerprint density at radius 1 is 1.26 bits per heavy atom. The van der Waals surface area contributed by atoms with Gasteiger partial charge in [0.2, 0.25) is 15.9 Å². The van der Waals surface area contributed by atoms with Crippen molar-refractivity contribution in [2.75, 3.05) is 20.2 Å². The fraction of sp³-hybridized carbons (Fsp3) is 0.562. The number of nitrogens with zero attached hydrogens (tertiary/aromatic N) is 2. The number of ether oxygens (including phenoxy) is 1. The summed E-state index contributed by atoms with van der Waals surface area (Å²) in [6.07, 6.45) is 0. The topological polar surface area (TPSA) is 66.9 Å². The summed E-state index contributed by atoms with van der Waals surface area (Å²) < 4.78 is 32.1. The third-order valence-corrected chi connectivity index (χ3v) is 5.78. The maximum absolute atomic E-state index is 12.9. The second-order valence-corrected chi connectivity index (χ2v) is 8.56. The van der Waals surface area contributed by atoms with Gasteiger partial charge < -0.3 is 9.64 Å². The van der Waals surface area contributed by atoms with Gasteiger partial charge in [-0.3, -0.25) is 4.79 Å². The Labute approximate surface area is 138 Å². The molecule has 1 aliphatic rings. The normalized spacial score (nSPS) is 19.2. The number of benzene rings is 1. The molecular formula is C16H24N2O4S. The highest BCUT2D eigenvalue weighted by molar-refractivity contribution is 7.89. The van der Waals surface area contributed by atoms with E-state index in [1.807, 2.05) is 27.7 Å². The first-order valence-electron chi connectivity index (χ1n) is 7.56. The van der Waals surface area contributed by atoms with Crippen molar-refractivity contribution >= 4 is 15.9 Å². The molecule has 1 heterocycles. The van der Waals surface area contributed by atoms with Crippen LogP contribution in [0.2, 0.25) is 0 Å². The number of rotatable bonds is 4. The maximum atomic E-state index is 12.9. The van der Waals surface area contributed by atoms with Crippen molar-refractivity contribution in [3.8, 4) is 5.75 Å². The number of sulfonamides is 1. The van der Waals surface area contributed by atoms with E-state index < -0.39 is 15.6 Å². The van der Waals surface area contributed by atoms with E-state index in [1.54, 1.807) is 17.0 Å². The van der Waals surface area contributed by atoms with Gasteiger partial charge in [0.15, 0.2) is 0 Å². The molecule has 0 spiro atoms. The largest absolute Gasteiger partial charge is 0.497 e. The Kier molecular flexibility index (Phi) is 4.73. The number of hydrogen-bond donors (Lipinski definition) is 0. The number of carbonyl (C=O) groups excluding carboxylic acids is 1. The summed E-state index contributed by atoms with van der Waals surface area (Å²) in [5.74, 6) is 0.292. The lowest BCUT2D eigenvalue weighted by Gasteiger charge is -2.48. The lowest BCUT2D eigenvalue weighted by atomic mass is 9.98. The zero-order chi connectivity index (χ0) is 17.4. The third-order valence-electron chi connectivity index (χ3n) is 3.99. The maximum Gasteiger partial charge on any atom is 0.243 e. The van der Waals surface area contributed by atoms with Crippen molar-refractivity contribution in [2.24, 2.45) is 0 Å². The second-order valence-electron chi connectivity index (χ2n) is 6.62. The van der Waals surface area contributed by atoms with Crippen LogP contribution >= 0.6 is 0 Å². The van der Waals surface area contributed by atoms with E-state index in [2.05, 4.69) is 0 Å². The number of methoxy groups -OCH3 is 1. The van der Waals surface area contributed by atoms with Crippen LogP contribution in [-0.2, 0) is 14.8 Å². The van der Waals surface area contributed by atoms with Gasteiger partial charge in [0.1, 0.15) is 5.75 Å². The fourth-order valence-electron chi connectivity index (χ4n) is 3.20. The van der Waals surface area contributed by atoms with Crippen LogP contribution < -0.4 is 4.74 Å². The third kappa shape index (κ3) is 3.35. The highest BCUT2D eigenvalue weighted by atomic mass is 32.2. The van der Waals surface area contributed by atoms with Crippen LogP contribution in [0.1, 0.15) is 27.7 Å². The van der Waals surface area contributed by atoms with Gasteiger partial charge in [-0.05, 0) is 39.8 Å². The molecule has 1 aliphatic heterocycles. The predicted octanol–water partition coefficient (Wildman–Crippen LogP) is 1.72. The minimum atomic E-state index is -3.74. The van der Waals surface area contributed by atoms with Gasteiger partial charge in [0.05, 0.1) is 24.1 Å². The quantitative estimate of drug-likeness (QED) is 0.837.